The maximum absolute atomic E-state index is 13.5. The highest BCUT2D eigenvalue weighted by Crippen LogP contribution is 2.48. The summed E-state index contributed by atoms with van der Waals surface area (Å²) in [7, 11) is 1.66. The fourth-order valence-corrected chi connectivity index (χ4v) is 4.26. The van der Waals surface area contributed by atoms with Crippen LogP contribution in [-0.2, 0) is 0 Å². The van der Waals surface area contributed by atoms with Gasteiger partial charge in [0.25, 0.3) is 0 Å². The van der Waals surface area contributed by atoms with Crippen LogP contribution in [0.2, 0.25) is 0 Å². The molecule has 0 N–H and O–H groups in total. The lowest BCUT2D eigenvalue weighted by atomic mass is 9.96. The molecule has 0 saturated carbocycles. The second-order valence-corrected chi connectivity index (χ2v) is 8.00. The largest absolute Gasteiger partial charge is 0.497 e. The molecule has 0 fully saturated rings. The predicted molar refractivity (Wildman–Crippen MR) is 113 cm³/mol. The van der Waals surface area contributed by atoms with Gasteiger partial charge in [0, 0.05) is 27.6 Å². The molecule has 29 heavy (non-hydrogen) atoms. The Hall–Kier alpha value is -2.86. The number of halogens is 2. The Morgan fingerprint density at radius 2 is 1.93 bits per heavy atom. The van der Waals surface area contributed by atoms with E-state index in [1.165, 1.54) is 12.1 Å². The first-order valence-electron chi connectivity index (χ1n) is 9.34. The molecule has 0 unspecified atom stereocenters. The van der Waals surface area contributed by atoms with Gasteiger partial charge in [-0.15, -0.1) is 0 Å². The van der Waals surface area contributed by atoms with Crippen molar-refractivity contribution in [2.24, 2.45) is 5.10 Å². The molecule has 0 bridgehead atoms. The molecule has 3 aromatic carbocycles. The zero-order chi connectivity index (χ0) is 20.0. The number of fused-ring (bicyclic) bond motifs is 3. The van der Waals surface area contributed by atoms with Crippen molar-refractivity contribution in [3.63, 3.8) is 0 Å². The van der Waals surface area contributed by atoms with Gasteiger partial charge in [-0.05, 0) is 42.5 Å². The van der Waals surface area contributed by atoms with E-state index < -0.39 is 6.23 Å². The van der Waals surface area contributed by atoms with E-state index in [1.54, 1.807) is 19.2 Å². The van der Waals surface area contributed by atoms with Crippen LogP contribution in [0.5, 0.6) is 11.5 Å². The van der Waals surface area contributed by atoms with Crippen LogP contribution in [0.4, 0.5) is 4.39 Å². The maximum atomic E-state index is 13.5. The van der Waals surface area contributed by atoms with Gasteiger partial charge in [0.2, 0.25) is 6.23 Å². The Morgan fingerprint density at radius 3 is 2.72 bits per heavy atom. The minimum atomic E-state index is -0.419. The standard InChI is InChI=1S/C23H18BrFN2O2/c1-28-18-4-2-3-15(11-18)20-13-21-19-12-16(24)7-10-22(19)29-23(27(21)26-20)14-5-8-17(25)9-6-14/h2-12,21,23H,13H2,1H3/t21-,23-/m1/s1. The second-order valence-electron chi connectivity index (χ2n) is 7.08. The van der Waals surface area contributed by atoms with Gasteiger partial charge >= 0.3 is 0 Å². The molecule has 0 saturated heterocycles. The number of benzene rings is 3. The molecule has 5 rings (SSSR count). The zero-order valence-electron chi connectivity index (χ0n) is 15.7. The summed E-state index contributed by atoms with van der Waals surface area (Å²) in [6, 6.07) is 20.4. The normalized spacial score (nSPS) is 19.8. The Labute approximate surface area is 176 Å². The van der Waals surface area contributed by atoms with Crippen LogP contribution in [0.1, 0.15) is 35.4 Å². The van der Waals surface area contributed by atoms with E-state index in [9.17, 15) is 4.39 Å². The van der Waals surface area contributed by atoms with E-state index in [1.807, 2.05) is 41.4 Å². The number of rotatable bonds is 3. The lowest BCUT2D eigenvalue weighted by Gasteiger charge is -2.38. The molecule has 0 amide bonds. The van der Waals surface area contributed by atoms with E-state index in [2.05, 4.69) is 22.0 Å². The van der Waals surface area contributed by atoms with Crippen molar-refractivity contribution in [1.82, 2.24) is 5.01 Å². The topological polar surface area (TPSA) is 34.1 Å². The third-order valence-corrected chi connectivity index (χ3v) is 5.80. The molecule has 0 aliphatic carbocycles. The summed E-state index contributed by atoms with van der Waals surface area (Å²) in [4.78, 5) is 0. The van der Waals surface area contributed by atoms with Crippen LogP contribution in [0.15, 0.2) is 76.3 Å². The molecule has 3 aromatic rings. The fraction of sp³-hybridized carbons (Fsp3) is 0.174. The lowest BCUT2D eigenvalue weighted by Crippen LogP contribution is -2.33. The van der Waals surface area contributed by atoms with Gasteiger partial charge in [0.1, 0.15) is 17.3 Å². The number of hydrogen-bond acceptors (Lipinski definition) is 4. The summed E-state index contributed by atoms with van der Waals surface area (Å²) in [5, 5.41) is 6.91. The maximum Gasteiger partial charge on any atom is 0.213 e. The van der Waals surface area contributed by atoms with Crippen molar-refractivity contribution in [2.75, 3.05) is 7.11 Å². The van der Waals surface area contributed by atoms with Crippen molar-refractivity contribution in [3.8, 4) is 11.5 Å². The Balaban J connectivity index is 1.59. The van der Waals surface area contributed by atoms with Crippen LogP contribution >= 0.6 is 15.9 Å². The van der Waals surface area contributed by atoms with Crippen molar-refractivity contribution >= 4 is 21.6 Å². The summed E-state index contributed by atoms with van der Waals surface area (Å²) in [5.74, 6) is 1.35. The summed E-state index contributed by atoms with van der Waals surface area (Å²) >= 11 is 3.56. The first-order valence-corrected chi connectivity index (χ1v) is 10.1. The SMILES string of the molecule is COc1cccc(C2=NN3[C@H](C2)c2cc(Br)ccc2O[C@@H]3c2ccc(F)cc2)c1. The van der Waals surface area contributed by atoms with Gasteiger partial charge in [0.05, 0.1) is 18.9 Å². The van der Waals surface area contributed by atoms with Crippen molar-refractivity contribution in [2.45, 2.75) is 18.7 Å². The highest BCUT2D eigenvalue weighted by atomic mass is 79.9. The number of methoxy groups -OCH3 is 1. The molecule has 2 aliphatic rings. The van der Waals surface area contributed by atoms with E-state index in [0.29, 0.717) is 0 Å². The van der Waals surface area contributed by atoms with Crippen molar-refractivity contribution in [1.29, 1.82) is 0 Å². The molecule has 6 heteroatoms. The van der Waals surface area contributed by atoms with Gasteiger partial charge < -0.3 is 9.47 Å². The third-order valence-electron chi connectivity index (χ3n) is 5.31. The van der Waals surface area contributed by atoms with E-state index in [4.69, 9.17) is 14.6 Å². The highest BCUT2D eigenvalue weighted by molar-refractivity contribution is 9.10. The van der Waals surface area contributed by atoms with Gasteiger partial charge in [-0.2, -0.15) is 5.10 Å². The zero-order valence-corrected chi connectivity index (χ0v) is 17.3. The number of ether oxygens (including phenoxy) is 2. The quantitative estimate of drug-likeness (QED) is 0.500. The van der Waals surface area contributed by atoms with Crippen LogP contribution in [0.25, 0.3) is 0 Å². The van der Waals surface area contributed by atoms with Crippen LogP contribution < -0.4 is 9.47 Å². The number of hydrogen-bond donors (Lipinski definition) is 0. The Morgan fingerprint density at radius 1 is 1.10 bits per heavy atom. The molecule has 2 heterocycles. The van der Waals surface area contributed by atoms with Gasteiger partial charge in [0.15, 0.2) is 0 Å². The fourth-order valence-electron chi connectivity index (χ4n) is 3.88. The summed E-state index contributed by atoms with van der Waals surface area (Å²) in [5.41, 5.74) is 3.94. The predicted octanol–water partition coefficient (Wildman–Crippen LogP) is 5.84. The minimum absolute atomic E-state index is 0.0347. The molecule has 0 spiro atoms. The molecule has 2 atom stereocenters. The first kappa shape index (κ1) is 18.2. The van der Waals surface area contributed by atoms with E-state index in [0.717, 1.165) is 44.8 Å². The smallest absolute Gasteiger partial charge is 0.213 e. The van der Waals surface area contributed by atoms with Crippen molar-refractivity contribution in [3.05, 3.63) is 93.7 Å². The third kappa shape index (κ3) is 3.27. The molecular formula is C23H18BrFN2O2. The molecule has 0 aromatic heterocycles. The average Bonchev–Trinajstić information content (AvgIpc) is 3.20. The number of nitrogens with zero attached hydrogens (tertiary/aromatic N) is 2. The van der Waals surface area contributed by atoms with Gasteiger partial charge in [-0.25, -0.2) is 9.40 Å². The molecular weight excluding hydrogens is 435 g/mol. The molecule has 0 radical (unpaired) electrons. The van der Waals surface area contributed by atoms with Crippen LogP contribution in [0.3, 0.4) is 0 Å². The molecule has 2 aliphatic heterocycles. The average molecular weight is 453 g/mol. The molecule has 4 nitrogen and oxygen atoms in total. The molecule has 146 valence electrons. The van der Waals surface area contributed by atoms with Crippen LogP contribution in [-0.4, -0.2) is 17.8 Å². The van der Waals surface area contributed by atoms with Gasteiger partial charge in [-0.3, -0.25) is 0 Å². The first-order chi connectivity index (χ1) is 14.1. The Kier molecular flexibility index (Phi) is 4.51. The summed E-state index contributed by atoms with van der Waals surface area (Å²) < 4.78 is 26.1. The van der Waals surface area contributed by atoms with Crippen molar-refractivity contribution < 1.29 is 13.9 Å². The minimum Gasteiger partial charge on any atom is -0.497 e. The lowest BCUT2D eigenvalue weighted by molar-refractivity contribution is -0.0191. The Bertz CT molecular complexity index is 1100. The second kappa shape index (κ2) is 7.19. The number of hydrazone groups is 1. The van der Waals surface area contributed by atoms with E-state index >= 15 is 0 Å². The van der Waals surface area contributed by atoms with Crippen LogP contribution in [0, 0.1) is 5.82 Å². The monoisotopic (exact) mass is 452 g/mol. The summed E-state index contributed by atoms with van der Waals surface area (Å²) in [6.45, 7) is 0. The van der Waals surface area contributed by atoms with E-state index in [-0.39, 0.29) is 11.9 Å². The highest BCUT2D eigenvalue weighted by Gasteiger charge is 2.41. The summed E-state index contributed by atoms with van der Waals surface area (Å²) in [6.07, 6.45) is 0.329. The van der Waals surface area contributed by atoms with Gasteiger partial charge in [-0.1, -0.05) is 40.2 Å².